The number of rotatable bonds is 2. The van der Waals surface area contributed by atoms with E-state index < -0.39 is 0 Å². The lowest BCUT2D eigenvalue weighted by Gasteiger charge is -2.20. The molecule has 1 aliphatic heterocycles. The summed E-state index contributed by atoms with van der Waals surface area (Å²) in [5, 5.41) is 3.38. The summed E-state index contributed by atoms with van der Waals surface area (Å²) < 4.78 is 0. The molecule has 0 bridgehead atoms. The van der Waals surface area contributed by atoms with Crippen molar-refractivity contribution < 1.29 is 9.59 Å². The van der Waals surface area contributed by atoms with Gasteiger partial charge in [-0.3, -0.25) is 14.5 Å². The summed E-state index contributed by atoms with van der Waals surface area (Å²) >= 11 is 0. The maximum absolute atomic E-state index is 11.8. The Morgan fingerprint density at radius 2 is 1.94 bits per heavy atom. The Labute approximate surface area is 103 Å². The first kappa shape index (κ1) is 12.6. The Hall–Kier alpha value is -0.900. The molecule has 2 aliphatic rings. The average Bonchev–Trinajstić information content (AvgIpc) is 2.48. The molecule has 1 heterocycles. The zero-order valence-corrected chi connectivity index (χ0v) is 10.7. The van der Waals surface area contributed by atoms with Crippen molar-refractivity contribution in [3.63, 3.8) is 0 Å². The van der Waals surface area contributed by atoms with E-state index in [4.69, 9.17) is 0 Å². The fraction of sp³-hybridized carbons (Fsp3) is 0.846. The van der Waals surface area contributed by atoms with Crippen LogP contribution in [0.2, 0.25) is 0 Å². The molecule has 2 fully saturated rings. The van der Waals surface area contributed by atoms with Crippen LogP contribution in [0.3, 0.4) is 0 Å². The number of carbonyl (C=O) groups is 2. The lowest BCUT2D eigenvalue weighted by Crippen LogP contribution is -2.42. The Bertz CT molecular complexity index is 317. The van der Waals surface area contributed by atoms with Gasteiger partial charge in [-0.25, -0.2) is 0 Å². The van der Waals surface area contributed by atoms with Crippen molar-refractivity contribution in [3.8, 4) is 0 Å². The molecular weight excluding hydrogens is 216 g/mol. The predicted molar refractivity (Wildman–Crippen MR) is 65.4 cm³/mol. The number of hydrogen-bond donors (Lipinski definition) is 1. The first-order valence-corrected chi connectivity index (χ1v) is 6.64. The lowest BCUT2D eigenvalue weighted by atomic mass is 10.0. The van der Waals surface area contributed by atoms with Gasteiger partial charge in [0.1, 0.15) is 0 Å². The van der Waals surface area contributed by atoms with Gasteiger partial charge in [0.05, 0.1) is 12.5 Å². The van der Waals surface area contributed by atoms with E-state index in [1.54, 1.807) is 7.05 Å². The molecule has 3 atom stereocenters. The van der Waals surface area contributed by atoms with Crippen molar-refractivity contribution in [2.75, 3.05) is 7.05 Å². The Morgan fingerprint density at radius 3 is 2.59 bits per heavy atom. The molecule has 96 valence electrons. The monoisotopic (exact) mass is 238 g/mol. The zero-order chi connectivity index (χ0) is 12.4. The van der Waals surface area contributed by atoms with E-state index in [1.807, 2.05) is 0 Å². The molecule has 1 saturated heterocycles. The first-order chi connectivity index (χ1) is 8.08. The van der Waals surface area contributed by atoms with Gasteiger partial charge in [-0.2, -0.15) is 0 Å². The lowest BCUT2D eigenvalue weighted by molar-refractivity contribution is -0.137. The van der Waals surface area contributed by atoms with Gasteiger partial charge in [-0.15, -0.1) is 0 Å². The van der Waals surface area contributed by atoms with Crippen molar-refractivity contribution in [3.05, 3.63) is 0 Å². The van der Waals surface area contributed by atoms with Crippen LogP contribution in [0.4, 0.5) is 0 Å². The van der Waals surface area contributed by atoms with Gasteiger partial charge in [0.25, 0.3) is 0 Å². The van der Waals surface area contributed by atoms with Crippen LogP contribution in [0, 0.1) is 5.92 Å². The molecule has 0 aromatic heterocycles. The fourth-order valence-electron chi connectivity index (χ4n) is 2.82. The molecule has 17 heavy (non-hydrogen) atoms. The van der Waals surface area contributed by atoms with Gasteiger partial charge in [0.2, 0.25) is 11.8 Å². The molecule has 0 radical (unpaired) electrons. The summed E-state index contributed by atoms with van der Waals surface area (Å²) in [5.74, 6) is 0.673. The molecule has 0 spiro atoms. The number of hydrogen-bond acceptors (Lipinski definition) is 3. The van der Waals surface area contributed by atoms with E-state index in [0.29, 0.717) is 12.5 Å². The van der Waals surface area contributed by atoms with Crippen molar-refractivity contribution in [2.24, 2.45) is 5.92 Å². The molecule has 0 aromatic carbocycles. The molecule has 3 unspecified atom stereocenters. The topological polar surface area (TPSA) is 49.4 Å². The third kappa shape index (κ3) is 2.86. The summed E-state index contributed by atoms with van der Waals surface area (Å²) in [4.78, 5) is 24.5. The molecule has 1 N–H and O–H groups in total. The number of nitrogens with one attached hydrogen (secondary N) is 1. The highest BCUT2D eigenvalue weighted by Crippen LogP contribution is 2.24. The Kier molecular flexibility index (Phi) is 3.82. The summed E-state index contributed by atoms with van der Waals surface area (Å²) in [7, 11) is 1.57. The van der Waals surface area contributed by atoms with Crippen LogP contribution >= 0.6 is 0 Å². The highest BCUT2D eigenvalue weighted by molar-refractivity contribution is 6.05. The standard InChI is InChI=1S/C13H22N2O2/c1-9-4-3-5-10(7-6-9)14-11-8-12(16)15(2)13(11)17/h9-11,14H,3-8H2,1-2H3. The zero-order valence-electron chi connectivity index (χ0n) is 10.7. The van der Waals surface area contributed by atoms with Crippen LogP contribution in [0.1, 0.15) is 45.4 Å². The van der Waals surface area contributed by atoms with E-state index in [2.05, 4.69) is 12.2 Å². The maximum Gasteiger partial charge on any atom is 0.246 e. The molecular formula is C13H22N2O2. The number of likely N-dealkylation sites (N-methyl/N-ethyl adjacent to an activating group) is 1. The number of amides is 2. The second-order valence-electron chi connectivity index (χ2n) is 5.52. The second-order valence-corrected chi connectivity index (χ2v) is 5.52. The van der Waals surface area contributed by atoms with Crippen LogP contribution in [0.5, 0.6) is 0 Å². The first-order valence-electron chi connectivity index (χ1n) is 6.64. The highest BCUT2D eigenvalue weighted by Gasteiger charge is 2.37. The molecule has 1 saturated carbocycles. The smallest absolute Gasteiger partial charge is 0.246 e. The van der Waals surface area contributed by atoms with Gasteiger partial charge in [-0.1, -0.05) is 19.8 Å². The van der Waals surface area contributed by atoms with Crippen molar-refractivity contribution in [1.29, 1.82) is 0 Å². The van der Waals surface area contributed by atoms with Gasteiger partial charge in [-0.05, 0) is 25.2 Å². The Balaban J connectivity index is 1.88. The van der Waals surface area contributed by atoms with Gasteiger partial charge in [0, 0.05) is 13.1 Å². The molecule has 4 nitrogen and oxygen atoms in total. The third-order valence-corrected chi connectivity index (χ3v) is 4.08. The van der Waals surface area contributed by atoms with Crippen molar-refractivity contribution in [1.82, 2.24) is 10.2 Å². The number of nitrogens with zero attached hydrogens (tertiary/aromatic N) is 1. The quantitative estimate of drug-likeness (QED) is 0.583. The largest absolute Gasteiger partial charge is 0.303 e. The molecule has 0 aromatic rings. The van der Waals surface area contributed by atoms with Crippen molar-refractivity contribution in [2.45, 2.75) is 57.5 Å². The van der Waals surface area contributed by atoms with E-state index in [0.717, 1.165) is 18.8 Å². The van der Waals surface area contributed by atoms with Gasteiger partial charge >= 0.3 is 0 Å². The minimum Gasteiger partial charge on any atom is -0.303 e. The number of carbonyl (C=O) groups excluding carboxylic acids is 2. The van der Waals surface area contributed by atoms with Crippen LogP contribution < -0.4 is 5.32 Å². The second kappa shape index (κ2) is 5.17. The van der Waals surface area contributed by atoms with Gasteiger partial charge in [0.15, 0.2) is 0 Å². The van der Waals surface area contributed by atoms with Crippen LogP contribution in [-0.4, -0.2) is 35.8 Å². The number of likely N-dealkylation sites (tertiary alicyclic amines) is 1. The Morgan fingerprint density at radius 1 is 1.18 bits per heavy atom. The van der Waals surface area contributed by atoms with Crippen LogP contribution in [0.15, 0.2) is 0 Å². The highest BCUT2D eigenvalue weighted by atomic mass is 16.2. The summed E-state index contributed by atoms with van der Waals surface area (Å²) in [5.41, 5.74) is 0. The minimum absolute atomic E-state index is 0.0607. The average molecular weight is 238 g/mol. The predicted octanol–water partition coefficient (Wildman–Crippen LogP) is 1.30. The van der Waals surface area contributed by atoms with E-state index in [1.165, 1.54) is 24.2 Å². The van der Waals surface area contributed by atoms with Crippen LogP contribution in [0.25, 0.3) is 0 Å². The van der Waals surface area contributed by atoms with Gasteiger partial charge < -0.3 is 5.32 Å². The fourth-order valence-corrected chi connectivity index (χ4v) is 2.82. The van der Waals surface area contributed by atoms with E-state index in [9.17, 15) is 9.59 Å². The normalized spacial score (nSPS) is 35.2. The summed E-state index contributed by atoms with van der Waals surface area (Å²) in [6.07, 6.45) is 6.33. The molecule has 2 amide bonds. The van der Waals surface area contributed by atoms with E-state index >= 15 is 0 Å². The van der Waals surface area contributed by atoms with Crippen LogP contribution in [-0.2, 0) is 9.59 Å². The molecule has 1 aliphatic carbocycles. The van der Waals surface area contributed by atoms with Crippen molar-refractivity contribution >= 4 is 11.8 Å². The molecule has 4 heteroatoms. The summed E-state index contributed by atoms with van der Waals surface area (Å²) in [6, 6.07) is 0.138. The third-order valence-electron chi connectivity index (χ3n) is 4.08. The summed E-state index contributed by atoms with van der Waals surface area (Å²) in [6.45, 7) is 2.29. The minimum atomic E-state index is -0.272. The molecule has 2 rings (SSSR count). The maximum atomic E-state index is 11.8. The SMILES string of the molecule is CC1CCCC(NC2CC(=O)N(C)C2=O)CC1. The van der Waals surface area contributed by atoms with E-state index in [-0.39, 0.29) is 17.9 Å². The number of imide groups is 1.